The Balaban J connectivity index is 2.26. The van der Waals surface area contributed by atoms with Gasteiger partial charge in [-0.2, -0.15) is 0 Å². The third-order valence-corrected chi connectivity index (χ3v) is 4.65. The smallest absolute Gasteiger partial charge is 0.310 e. The van der Waals surface area contributed by atoms with E-state index in [1.54, 1.807) is 17.9 Å². The molecule has 1 atom stereocenters. The Hall–Kier alpha value is -2.44. The fraction of sp³-hybridized carbons (Fsp3) is 0.556. The molecule has 0 spiro atoms. The van der Waals surface area contributed by atoms with E-state index in [9.17, 15) is 19.7 Å². The molecule has 0 radical (unpaired) electrons. The van der Waals surface area contributed by atoms with Gasteiger partial charge in [0.05, 0.1) is 18.0 Å². The number of esters is 1. The molecule has 0 N–H and O–H groups in total. The molecule has 0 saturated heterocycles. The molecule has 1 aromatic rings. The Bertz CT molecular complexity index is 640. The first-order valence-corrected chi connectivity index (χ1v) is 8.57. The summed E-state index contributed by atoms with van der Waals surface area (Å²) < 4.78 is 4.77. The molecule has 0 aliphatic heterocycles. The van der Waals surface area contributed by atoms with Crippen LogP contribution in [-0.4, -0.2) is 41.4 Å². The van der Waals surface area contributed by atoms with Gasteiger partial charge in [0.15, 0.2) is 0 Å². The summed E-state index contributed by atoms with van der Waals surface area (Å²) in [6.07, 6.45) is 4.98. The minimum Gasteiger partial charge on any atom is -0.469 e. The summed E-state index contributed by atoms with van der Waals surface area (Å²) in [6.45, 7) is 1.97. The van der Waals surface area contributed by atoms with Crippen LogP contribution in [0.1, 0.15) is 49.4 Å². The van der Waals surface area contributed by atoms with Gasteiger partial charge in [-0.05, 0) is 18.9 Å². The highest BCUT2D eigenvalue weighted by Gasteiger charge is 2.30. The predicted octanol–water partition coefficient (Wildman–Crippen LogP) is 3.18. The lowest BCUT2D eigenvalue weighted by Crippen LogP contribution is -2.45. The Morgan fingerprint density at radius 1 is 1.32 bits per heavy atom. The number of methoxy groups -OCH3 is 1. The Labute approximate surface area is 147 Å². The standard InChI is InChI=1S/C18H24N2O5/c1-13(18(22)25-2)12-19(15-8-4-3-5-9-15)17(21)14-7-6-10-16(11-14)20(23)24/h6-7,10-11,13,15H,3-5,8-9,12H2,1-2H3. The van der Waals surface area contributed by atoms with Crippen LogP contribution in [0.25, 0.3) is 0 Å². The zero-order valence-corrected chi connectivity index (χ0v) is 14.6. The molecular weight excluding hydrogens is 324 g/mol. The molecule has 2 rings (SSSR count). The largest absolute Gasteiger partial charge is 0.469 e. The summed E-state index contributed by atoms with van der Waals surface area (Å²) in [4.78, 5) is 37.0. The number of nitrogens with zero attached hydrogens (tertiary/aromatic N) is 2. The van der Waals surface area contributed by atoms with Crippen molar-refractivity contribution in [3.63, 3.8) is 0 Å². The molecule has 25 heavy (non-hydrogen) atoms. The van der Waals surface area contributed by atoms with Crippen molar-refractivity contribution in [1.82, 2.24) is 4.90 Å². The summed E-state index contributed by atoms with van der Waals surface area (Å²) >= 11 is 0. The van der Waals surface area contributed by atoms with E-state index in [1.165, 1.54) is 25.3 Å². The van der Waals surface area contributed by atoms with Crippen LogP contribution < -0.4 is 0 Å². The molecule has 0 heterocycles. The number of non-ortho nitro benzene ring substituents is 1. The number of carbonyl (C=O) groups excluding carboxylic acids is 2. The van der Waals surface area contributed by atoms with Crippen LogP contribution in [0, 0.1) is 16.0 Å². The number of carbonyl (C=O) groups is 2. The zero-order valence-electron chi connectivity index (χ0n) is 14.6. The highest BCUT2D eigenvalue weighted by molar-refractivity contribution is 5.95. The van der Waals surface area contributed by atoms with Gasteiger partial charge in [0.2, 0.25) is 0 Å². The number of benzene rings is 1. The van der Waals surface area contributed by atoms with E-state index >= 15 is 0 Å². The molecule has 0 aromatic heterocycles. The van der Waals surface area contributed by atoms with Gasteiger partial charge in [-0.15, -0.1) is 0 Å². The topological polar surface area (TPSA) is 89.8 Å². The number of hydrogen-bond donors (Lipinski definition) is 0. The van der Waals surface area contributed by atoms with Crippen molar-refractivity contribution in [3.8, 4) is 0 Å². The van der Waals surface area contributed by atoms with Crippen molar-refractivity contribution >= 4 is 17.6 Å². The second-order valence-electron chi connectivity index (χ2n) is 6.48. The van der Waals surface area contributed by atoms with E-state index in [-0.39, 0.29) is 35.7 Å². The highest BCUT2D eigenvalue weighted by atomic mass is 16.6. The van der Waals surface area contributed by atoms with Crippen molar-refractivity contribution < 1.29 is 19.2 Å². The maximum Gasteiger partial charge on any atom is 0.310 e. The van der Waals surface area contributed by atoms with Crippen LogP contribution in [0.3, 0.4) is 0 Å². The monoisotopic (exact) mass is 348 g/mol. The quantitative estimate of drug-likeness (QED) is 0.447. The summed E-state index contributed by atoms with van der Waals surface area (Å²) in [6, 6.07) is 5.79. The van der Waals surface area contributed by atoms with Gasteiger partial charge in [0, 0.05) is 30.3 Å². The SMILES string of the molecule is COC(=O)C(C)CN(C(=O)c1cccc([N+](=O)[O-])c1)C1CCCCC1. The van der Waals surface area contributed by atoms with Crippen molar-refractivity contribution in [3.05, 3.63) is 39.9 Å². The van der Waals surface area contributed by atoms with Gasteiger partial charge in [0.1, 0.15) is 0 Å². The number of nitro groups is 1. The van der Waals surface area contributed by atoms with E-state index in [1.807, 2.05) is 0 Å². The normalized spacial score (nSPS) is 16.1. The van der Waals surface area contributed by atoms with Crippen LogP contribution >= 0.6 is 0 Å². The van der Waals surface area contributed by atoms with Gasteiger partial charge >= 0.3 is 5.97 Å². The third-order valence-electron chi connectivity index (χ3n) is 4.65. The first-order valence-electron chi connectivity index (χ1n) is 8.57. The molecule has 7 heteroatoms. The van der Waals surface area contributed by atoms with Crippen LogP contribution in [-0.2, 0) is 9.53 Å². The summed E-state index contributed by atoms with van der Waals surface area (Å²) in [5.74, 6) is -1.09. The van der Waals surface area contributed by atoms with E-state index in [2.05, 4.69) is 0 Å². The van der Waals surface area contributed by atoms with Crippen LogP contribution in [0.5, 0.6) is 0 Å². The number of amides is 1. The average Bonchev–Trinajstić information content (AvgIpc) is 2.65. The highest BCUT2D eigenvalue weighted by Crippen LogP contribution is 2.26. The summed E-state index contributed by atoms with van der Waals surface area (Å²) in [5.41, 5.74) is 0.160. The summed E-state index contributed by atoms with van der Waals surface area (Å²) in [7, 11) is 1.33. The van der Waals surface area contributed by atoms with Crippen LogP contribution in [0.4, 0.5) is 5.69 Å². The molecule has 1 aliphatic carbocycles. The molecule has 1 unspecified atom stereocenters. The lowest BCUT2D eigenvalue weighted by atomic mass is 9.93. The van der Waals surface area contributed by atoms with Gasteiger partial charge in [-0.1, -0.05) is 32.3 Å². The lowest BCUT2D eigenvalue weighted by Gasteiger charge is -2.35. The predicted molar refractivity (Wildman–Crippen MR) is 92.2 cm³/mol. The maximum atomic E-state index is 13.0. The average molecular weight is 348 g/mol. The van der Waals surface area contributed by atoms with Gasteiger partial charge in [-0.3, -0.25) is 19.7 Å². The minimum absolute atomic E-state index is 0.0487. The second kappa shape index (κ2) is 8.60. The van der Waals surface area contributed by atoms with Crippen molar-refractivity contribution in [2.75, 3.05) is 13.7 Å². The number of nitro benzene ring substituents is 1. The van der Waals surface area contributed by atoms with Crippen molar-refractivity contribution in [2.24, 2.45) is 5.92 Å². The Morgan fingerprint density at radius 2 is 2.00 bits per heavy atom. The van der Waals surface area contributed by atoms with Crippen LogP contribution in [0.2, 0.25) is 0 Å². The third kappa shape index (κ3) is 4.78. The molecule has 7 nitrogen and oxygen atoms in total. The van der Waals surface area contributed by atoms with E-state index in [4.69, 9.17) is 4.74 Å². The van der Waals surface area contributed by atoms with Gasteiger partial charge < -0.3 is 9.64 Å². The van der Waals surface area contributed by atoms with Crippen molar-refractivity contribution in [2.45, 2.75) is 45.1 Å². The summed E-state index contributed by atoms with van der Waals surface area (Å²) in [5, 5.41) is 11.0. The molecule has 1 saturated carbocycles. The molecule has 1 amide bonds. The molecule has 136 valence electrons. The van der Waals surface area contributed by atoms with Gasteiger partial charge in [-0.25, -0.2) is 0 Å². The molecule has 1 fully saturated rings. The lowest BCUT2D eigenvalue weighted by molar-refractivity contribution is -0.384. The molecule has 1 aliphatic rings. The Morgan fingerprint density at radius 3 is 2.60 bits per heavy atom. The maximum absolute atomic E-state index is 13.0. The molecular formula is C18H24N2O5. The first kappa shape index (κ1) is 18.9. The fourth-order valence-corrected chi connectivity index (χ4v) is 3.28. The molecule has 0 bridgehead atoms. The van der Waals surface area contributed by atoms with Crippen molar-refractivity contribution in [1.29, 1.82) is 0 Å². The van der Waals surface area contributed by atoms with Crippen LogP contribution in [0.15, 0.2) is 24.3 Å². The molecule has 1 aromatic carbocycles. The zero-order chi connectivity index (χ0) is 18.4. The fourth-order valence-electron chi connectivity index (χ4n) is 3.28. The minimum atomic E-state index is -0.515. The first-order chi connectivity index (χ1) is 11.9. The number of hydrogen-bond acceptors (Lipinski definition) is 5. The van der Waals surface area contributed by atoms with E-state index < -0.39 is 10.8 Å². The van der Waals surface area contributed by atoms with E-state index in [0.717, 1.165) is 32.1 Å². The Kier molecular flexibility index (Phi) is 6.50. The number of ether oxygens (including phenoxy) is 1. The van der Waals surface area contributed by atoms with Gasteiger partial charge in [0.25, 0.3) is 11.6 Å². The number of rotatable bonds is 6. The van der Waals surface area contributed by atoms with E-state index in [0.29, 0.717) is 0 Å². The second-order valence-corrected chi connectivity index (χ2v) is 6.48.